The molecule has 15 heavy (non-hydrogen) atoms. The second-order valence-electron chi connectivity index (χ2n) is 4.49. The van der Waals surface area contributed by atoms with E-state index in [-0.39, 0.29) is 0 Å². The number of fused-ring (bicyclic) bond motifs is 1. The third-order valence-electron chi connectivity index (χ3n) is 2.94. The summed E-state index contributed by atoms with van der Waals surface area (Å²) in [5.41, 5.74) is 1.60. The highest BCUT2D eigenvalue weighted by Crippen LogP contribution is 2.37. The second-order valence-corrected chi connectivity index (χ2v) is 5.37. The Morgan fingerprint density at radius 1 is 1.33 bits per heavy atom. The molecule has 2 N–H and O–H groups in total. The topological polar surface area (TPSA) is 27.8 Å². The molecule has 0 bridgehead atoms. The molecule has 2 aromatic rings. The summed E-state index contributed by atoms with van der Waals surface area (Å²) >= 11 is 1.74. The Labute approximate surface area is 93.6 Å². The summed E-state index contributed by atoms with van der Waals surface area (Å²) in [6.07, 6.45) is 4.57. The first-order chi connectivity index (χ1) is 7.25. The van der Waals surface area contributed by atoms with Crippen LogP contribution in [-0.2, 0) is 0 Å². The Balaban J connectivity index is 1.78. The summed E-state index contributed by atoms with van der Waals surface area (Å²) in [5.74, 6) is 0. The molecule has 1 fully saturated rings. The van der Waals surface area contributed by atoms with Gasteiger partial charge in [0.25, 0.3) is 0 Å². The minimum Gasteiger partial charge on any atom is -0.361 e. The van der Waals surface area contributed by atoms with Gasteiger partial charge in [-0.05, 0) is 55.3 Å². The zero-order valence-corrected chi connectivity index (χ0v) is 9.53. The van der Waals surface area contributed by atoms with Crippen molar-refractivity contribution < 1.29 is 0 Å². The van der Waals surface area contributed by atoms with Crippen LogP contribution in [0.25, 0.3) is 10.9 Å². The highest BCUT2D eigenvalue weighted by atomic mass is 32.2. The number of nitrogens with one attached hydrogen (secondary N) is 2. The van der Waals surface area contributed by atoms with E-state index in [0.29, 0.717) is 5.54 Å². The van der Waals surface area contributed by atoms with E-state index < -0.39 is 0 Å². The van der Waals surface area contributed by atoms with Crippen molar-refractivity contribution >= 4 is 22.9 Å². The van der Waals surface area contributed by atoms with Crippen LogP contribution in [0.5, 0.6) is 0 Å². The van der Waals surface area contributed by atoms with Crippen molar-refractivity contribution in [2.75, 3.05) is 0 Å². The fraction of sp³-hybridized carbons (Fsp3) is 0.333. The molecule has 1 aromatic carbocycles. The highest BCUT2D eigenvalue weighted by Gasteiger charge is 2.36. The Hall–Kier alpha value is -0.930. The minimum absolute atomic E-state index is 0.384. The summed E-state index contributed by atoms with van der Waals surface area (Å²) in [4.78, 5) is 4.51. The molecule has 0 atom stereocenters. The number of aromatic nitrogens is 1. The predicted molar refractivity (Wildman–Crippen MR) is 64.9 cm³/mol. The maximum Gasteiger partial charge on any atom is 0.0465 e. The number of benzene rings is 1. The molecule has 1 aromatic heterocycles. The fourth-order valence-electron chi connectivity index (χ4n) is 1.56. The van der Waals surface area contributed by atoms with E-state index in [1.807, 2.05) is 6.20 Å². The average molecular weight is 218 g/mol. The lowest BCUT2D eigenvalue weighted by Gasteiger charge is -2.09. The Bertz CT molecular complexity index is 485. The molecule has 3 heteroatoms. The number of hydrogen-bond acceptors (Lipinski definition) is 2. The van der Waals surface area contributed by atoms with Gasteiger partial charge in [-0.15, -0.1) is 0 Å². The normalized spacial score (nSPS) is 18.2. The van der Waals surface area contributed by atoms with Crippen LogP contribution in [0.4, 0.5) is 0 Å². The molecule has 1 saturated carbocycles. The second kappa shape index (κ2) is 3.29. The van der Waals surface area contributed by atoms with Crippen molar-refractivity contribution in [3.05, 3.63) is 30.5 Å². The smallest absolute Gasteiger partial charge is 0.0465 e. The third kappa shape index (κ3) is 1.90. The van der Waals surface area contributed by atoms with E-state index in [1.54, 1.807) is 11.9 Å². The Morgan fingerprint density at radius 3 is 3.00 bits per heavy atom. The van der Waals surface area contributed by atoms with Crippen LogP contribution in [0.15, 0.2) is 35.4 Å². The molecule has 0 radical (unpaired) electrons. The molecule has 78 valence electrons. The molecule has 3 rings (SSSR count). The van der Waals surface area contributed by atoms with Crippen molar-refractivity contribution in [2.24, 2.45) is 0 Å². The Kier molecular flexibility index (Phi) is 2.04. The van der Waals surface area contributed by atoms with E-state index in [9.17, 15) is 0 Å². The van der Waals surface area contributed by atoms with Crippen molar-refractivity contribution in [3.8, 4) is 0 Å². The number of H-pyrrole nitrogens is 1. The van der Waals surface area contributed by atoms with Crippen LogP contribution in [0, 0.1) is 0 Å². The van der Waals surface area contributed by atoms with Gasteiger partial charge < -0.3 is 4.98 Å². The fourth-order valence-corrected chi connectivity index (χ4v) is 2.44. The summed E-state index contributed by atoms with van der Waals surface area (Å²) in [7, 11) is 0. The van der Waals surface area contributed by atoms with Crippen LogP contribution < -0.4 is 4.72 Å². The maximum atomic E-state index is 3.51. The molecule has 1 heterocycles. The SMILES string of the molecule is CC1(NSc2ccc3cc[nH]c3c2)CC1. The van der Waals surface area contributed by atoms with Gasteiger partial charge in [-0.3, -0.25) is 4.72 Å². The van der Waals surface area contributed by atoms with Gasteiger partial charge >= 0.3 is 0 Å². The minimum atomic E-state index is 0.384. The largest absolute Gasteiger partial charge is 0.361 e. The molecule has 0 saturated heterocycles. The predicted octanol–water partition coefficient (Wildman–Crippen LogP) is 3.32. The van der Waals surface area contributed by atoms with Gasteiger partial charge in [-0.25, -0.2) is 0 Å². The lowest BCUT2D eigenvalue weighted by molar-refractivity contribution is 0.701. The summed E-state index contributed by atoms with van der Waals surface area (Å²) < 4.78 is 3.51. The van der Waals surface area contributed by atoms with E-state index in [2.05, 4.69) is 40.9 Å². The first kappa shape index (κ1) is 9.31. The Morgan fingerprint density at radius 2 is 2.20 bits per heavy atom. The molecule has 0 aliphatic heterocycles. The van der Waals surface area contributed by atoms with Crippen molar-refractivity contribution in [2.45, 2.75) is 30.2 Å². The molecular weight excluding hydrogens is 204 g/mol. The van der Waals surface area contributed by atoms with E-state index in [1.165, 1.54) is 28.6 Å². The van der Waals surface area contributed by atoms with Gasteiger partial charge in [0.15, 0.2) is 0 Å². The molecular formula is C12H14N2S. The third-order valence-corrected chi connectivity index (χ3v) is 4.03. The molecule has 0 amide bonds. The zero-order valence-electron chi connectivity index (χ0n) is 8.71. The number of hydrogen-bond donors (Lipinski definition) is 2. The summed E-state index contributed by atoms with van der Waals surface area (Å²) in [6.45, 7) is 2.27. The van der Waals surface area contributed by atoms with Gasteiger partial charge in [0.2, 0.25) is 0 Å². The average Bonchev–Trinajstić information content (AvgIpc) is 2.80. The van der Waals surface area contributed by atoms with E-state index >= 15 is 0 Å². The molecule has 2 nitrogen and oxygen atoms in total. The van der Waals surface area contributed by atoms with Crippen LogP contribution in [0.2, 0.25) is 0 Å². The maximum absolute atomic E-state index is 3.51. The zero-order chi connectivity index (χ0) is 10.3. The molecule has 0 spiro atoms. The summed E-state index contributed by atoms with van der Waals surface area (Å²) in [5, 5.41) is 1.27. The first-order valence-electron chi connectivity index (χ1n) is 5.26. The highest BCUT2D eigenvalue weighted by molar-refractivity contribution is 7.97. The molecule has 1 aliphatic carbocycles. The quantitative estimate of drug-likeness (QED) is 0.773. The standard InChI is InChI=1S/C12H14N2S/c1-12(5-6-12)14-15-10-3-2-9-4-7-13-11(9)8-10/h2-4,7-8,13-14H,5-6H2,1H3. The van der Waals surface area contributed by atoms with Gasteiger partial charge in [-0.2, -0.15) is 0 Å². The summed E-state index contributed by atoms with van der Waals surface area (Å²) in [6, 6.07) is 8.61. The van der Waals surface area contributed by atoms with Crippen molar-refractivity contribution in [3.63, 3.8) is 0 Å². The van der Waals surface area contributed by atoms with Crippen LogP contribution in [-0.4, -0.2) is 10.5 Å². The van der Waals surface area contributed by atoms with Crippen LogP contribution in [0.1, 0.15) is 19.8 Å². The molecule has 1 aliphatic rings. The van der Waals surface area contributed by atoms with E-state index in [4.69, 9.17) is 0 Å². The van der Waals surface area contributed by atoms with Crippen LogP contribution in [0.3, 0.4) is 0 Å². The molecule has 0 unspecified atom stereocenters. The van der Waals surface area contributed by atoms with Gasteiger partial charge in [-0.1, -0.05) is 6.07 Å². The number of aromatic amines is 1. The van der Waals surface area contributed by atoms with Crippen molar-refractivity contribution in [1.29, 1.82) is 0 Å². The van der Waals surface area contributed by atoms with Gasteiger partial charge in [0, 0.05) is 22.1 Å². The van der Waals surface area contributed by atoms with Crippen molar-refractivity contribution in [1.82, 2.24) is 9.71 Å². The first-order valence-corrected chi connectivity index (χ1v) is 6.08. The van der Waals surface area contributed by atoms with Gasteiger partial charge in [0.1, 0.15) is 0 Å². The van der Waals surface area contributed by atoms with Crippen LogP contribution >= 0.6 is 11.9 Å². The monoisotopic (exact) mass is 218 g/mol. The lowest BCUT2D eigenvalue weighted by atomic mass is 10.2. The van der Waals surface area contributed by atoms with Gasteiger partial charge in [0.05, 0.1) is 0 Å². The van der Waals surface area contributed by atoms with E-state index in [0.717, 1.165) is 0 Å². The lowest BCUT2D eigenvalue weighted by Crippen LogP contribution is -2.19. The number of rotatable bonds is 3.